The number of likely N-dealkylation sites (N-methyl/N-ethyl adjacent to an activating group) is 1. The molecule has 0 saturated carbocycles. The van der Waals surface area contributed by atoms with Crippen LogP contribution < -0.4 is 5.32 Å². The number of non-ortho nitro benzene ring substituents is 1. The number of aryl methyl sites for hydroxylation is 2. The van der Waals surface area contributed by atoms with E-state index >= 15 is 0 Å². The second-order valence-corrected chi connectivity index (χ2v) is 6.41. The lowest BCUT2D eigenvalue weighted by Gasteiger charge is -2.16. The number of nitrogens with one attached hydrogen (secondary N) is 1. The normalized spacial score (nSPS) is 12.3. The second kappa shape index (κ2) is 6.83. The summed E-state index contributed by atoms with van der Waals surface area (Å²) in [7, 11) is 0. The van der Waals surface area contributed by atoms with Crippen molar-refractivity contribution in [1.82, 2.24) is 5.32 Å². The van der Waals surface area contributed by atoms with E-state index in [4.69, 9.17) is 0 Å². The number of nitrogens with zero attached hydrogens (tertiary/aromatic N) is 1. The molecule has 1 atom stereocenters. The average Bonchev–Trinajstić information content (AvgIpc) is 2.79. The summed E-state index contributed by atoms with van der Waals surface area (Å²) in [5, 5.41) is 14.2. The molecule has 0 spiro atoms. The predicted octanol–water partition coefficient (Wildman–Crippen LogP) is 4.17. The van der Waals surface area contributed by atoms with E-state index in [2.05, 4.69) is 32.2 Å². The maximum absolute atomic E-state index is 10.7. The van der Waals surface area contributed by atoms with Crippen LogP contribution in [0.5, 0.6) is 0 Å². The molecular formula is C16H20N2O2S. The molecule has 5 heteroatoms. The summed E-state index contributed by atoms with van der Waals surface area (Å²) in [5.74, 6) is 0. The number of nitro groups is 1. The van der Waals surface area contributed by atoms with Gasteiger partial charge in [-0.1, -0.05) is 19.1 Å². The van der Waals surface area contributed by atoms with Crippen LogP contribution in [0.3, 0.4) is 0 Å². The van der Waals surface area contributed by atoms with Gasteiger partial charge >= 0.3 is 0 Å². The lowest BCUT2D eigenvalue weighted by atomic mass is 10.0. The van der Waals surface area contributed by atoms with Crippen LogP contribution in [0.4, 0.5) is 5.69 Å². The molecule has 0 aliphatic rings. The number of nitro benzene ring substituents is 1. The molecule has 1 aromatic heterocycles. The molecule has 0 fully saturated rings. The number of hydrogen-bond donors (Lipinski definition) is 1. The molecule has 0 amide bonds. The molecule has 0 saturated heterocycles. The van der Waals surface area contributed by atoms with E-state index in [-0.39, 0.29) is 16.7 Å². The van der Waals surface area contributed by atoms with Gasteiger partial charge in [0, 0.05) is 27.9 Å². The van der Waals surface area contributed by atoms with Crippen molar-refractivity contribution in [3.63, 3.8) is 0 Å². The highest BCUT2D eigenvalue weighted by atomic mass is 32.1. The molecule has 0 radical (unpaired) electrons. The van der Waals surface area contributed by atoms with Gasteiger partial charge in [-0.25, -0.2) is 0 Å². The van der Waals surface area contributed by atoms with E-state index in [0.29, 0.717) is 0 Å². The largest absolute Gasteiger partial charge is 0.309 e. The highest BCUT2D eigenvalue weighted by Crippen LogP contribution is 2.29. The van der Waals surface area contributed by atoms with Gasteiger partial charge in [0.15, 0.2) is 0 Å². The zero-order chi connectivity index (χ0) is 15.4. The molecule has 112 valence electrons. The van der Waals surface area contributed by atoms with Gasteiger partial charge < -0.3 is 5.32 Å². The minimum atomic E-state index is -0.364. The summed E-state index contributed by atoms with van der Waals surface area (Å²) >= 11 is 1.82. The smallest absolute Gasteiger partial charge is 0.269 e. The zero-order valence-corrected chi connectivity index (χ0v) is 13.4. The summed E-state index contributed by atoms with van der Waals surface area (Å²) in [6, 6.07) is 9.32. The van der Waals surface area contributed by atoms with E-state index in [9.17, 15) is 10.1 Å². The van der Waals surface area contributed by atoms with Crippen molar-refractivity contribution in [3.8, 4) is 0 Å². The van der Waals surface area contributed by atoms with E-state index < -0.39 is 0 Å². The maximum Gasteiger partial charge on any atom is 0.269 e. The van der Waals surface area contributed by atoms with Crippen LogP contribution >= 0.6 is 11.3 Å². The van der Waals surface area contributed by atoms with Crippen LogP contribution in [0.1, 0.15) is 33.8 Å². The molecule has 4 nitrogen and oxygen atoms in total. The Hall–Kier alpha value is -1.72. The standard InChI is InChI=1S/C16H20N2O2S/c1-4-17-15(16-9-11(2)12(3)21-16)10-13-5-7-14(8-6-13)18(19)20/h5-9,15,17H,4,10H2,1-3H3. The van der Waals surface area contributed by atoms with Gasteiger partial charge in [0.25, 0.3) is 5.69 Å². The first-order chi connectivity index (χ1) is 10.0. The molecule has 0 bridgehead atoms. The van der Waals surface area contributed by atoms with Gasteiger partial charge in [0.05, 0.1) is 4.92 Å². The molecule has 0 aliphatic heterocycles. The molecule has 1 aromatic carbocycles. The highest BCUT2D eigenvalue weighted by Gasteiger charge is 2.15. The Balaban J connectivity index is 2.17. The fraction of sp³-hybridized carbons (Fsp3) is 0.375. The molecule has 21 heavy (non-hydrogen) atoms. The zero-order valence-electron chi connectivity index (χ0n) is 12.6. The third-order valence-corrected chi connectivity index (χ3v) is 4.83. The Kier molecular flexibility index (Phi) is 5.09. The molecule has 1 N–H and O–H groups in total. The van der Waals surface area contributed by atoms with Gasteiger partial charge in [-0.05, 0) is 44.0 Å². The Morgan fingerprint density at radius 1 is 1.29 bits per heavy atom. The van der Waals surface area contributed by atoms with Gasteiger partial charge in [0.1, 0.15) is 0 Å². The van der Waals surface area contributed by atoms with Gasteiger partial charge in [-0.3, -0.25) is 10.1 Å². The van der Waals surface area contributed by atoms with Crippen LogP contribution in [0.2, 0.25) is 0 Å². The number of rotatable bonds is 6. The van der Waals surface area contributed by atoms with Crippen LogP contribution in [-0.4, -0.2) is 11.5 Å². The highest BCUT2D eigenvalue weighted by molar-refractivity contribution is 7.12. The predicted molar refractivity (Wildman–Crippen MR) is 87.0 cm³/mol. The fourth-order valence-electron chi connectivity index (χ4n) is 2.28. The Morgan fingerprint density at radius 2 is 1.95 bits per heavy atom. The maximum atomic E-state index is 10.7. The van der Waals surface area contributed by atoms with Crippen LogP contribution in [0, 0.1) is 24.0 Å². The molecule has 2 rings (SSSR count). The van der Waals surface area contributed by atoms with E-state index in [1.165, 1.54) is 15.3 Å². The van der Waals surface area contributed by atoms with Crippen molar-refractivity contribution in [2.24, 2.45) is 0 Å². The van der Waals surface area contributed by atoms with Crippen molar-refractivity contribution >= 4 is 17.0 Å². The van der Waals surface area contributed by atoms with Crippen molar-refractivity contribution in [2.45, 2.75) is 33.2 Å². The summed E-state index contributed by atoms with van der Waals surface area (Å²) in [5.41, 5.74) is 2.57. The second-order valence-electron chi connectivity index (χ2n) is 5.13. The monoisotopic (exact) mass is 304 g/mol. The Labute approximate surface area is 129 Å². The summed E-state index contributed by atoms with van der Waals surface area (Å²) in [6.45, 7) is 7.26. The molecule has 2 aromatic rings. The van der Waals surface area contributed by atoms with Crippen LogP contribution in [0.15, 0.2) is 30.3 Å². The SMILES string of the molecule is CCNC(Cc1ccc([N+](=O)[O-])cc1)c1cc(C)c(C)s1. The van der Waals surface area contributed by atoms with Gasteiger partial charge in [0.2, 0.25) is 0 Å². The Bertz CT molecular complexity index is 600. The Morgan fingerprint density at radius 3 is 2.43 bits per heavy atom. The van der Waals surface area contributed by atoms with E-state index in [1.54, 1.807) is 12.1 Å². The first kappa shape index (κ1) is 15.7. The first-order valence-corrected chi connectivity index (χ1v) is 7.86. The minimum Gasteiger partial charge on any atom is -0.309 e. The first-order valence-electron chi connectivity index (χ1n) is 7.05. The van der Waals surface area contributed by atoms with E-state index in [0.717, 1.165) is 18.5 Å². The topological polar surface area (TPSA) is 55.2 Å². The number of benzene rings is 1. The quantitative estimate of drug-likeness (QED) is 0.644. The minimum absolute atomic E-state index is 0.140. The molecule has 1 unspecified atom stereocenters. The average molecular weight is 304 g/mol. The van der Waals surface area contributed by atoms with E-state index in [1.807, 2.05) is 23.5 Å². The molecule has 0 aliphatic carbocycles. The number of thiophene rings is 1. The van der Waals surface area contributed by atoms with Gasteiger partial charge in [-0.15, -0.1) is 11.3 Å². The third-order valence-electron chi connectivity index (χ3n) is 3.57. The van der Waals surface area contributed by atoms with Crippen molar-refractivity contribution in [1.29, 1.82) is 0 Å². The third kappa shape index (κ3) is 3.89. The summed E-state index contributed by atoms with van der Waals surface area (Å²) in [4.78, 5) is 13.0. The van der Waals surface area contributed by atoms with Crippen molar-refractivity contribution in [3.05, 3.63) is 61.3 Å². The lowest BCUT2D eigenvalue weighted by molar-refractivity contribution is -0.384. The van der Waals surface area contributed by atoms with Crippen molar-refractivity contribution < 1.29 is 4.92 Å². The fourth-order valence-corrected chi connectivity index (χ4v) is 3.40. The molecule has 1 heterocycles. The summed E-state index contributed by atoms with van der Waals surface area (Å²) < 4.78 is 0. The molecular weight excluding hydrogens is 284 g/mol. The number of hydrogen-bond acceptors (Lipinski definition) is 4. The van der Waals surface area contributed by atoms with Crippen LogP contribution in [0.25, 0.3) is 0 Å². The summed E-state index contributed by atoms with van der Waals surface area (Å²) in [6.07, 6.45) is 0.839. The lowest BCUT2D eigenvalue weighted by Crippen LogP contribution is -2.22. The van der Waals surface area contributed by atoms with Crippen LogP contribution in [-0.2, 0) is 6.42 Å². The van der Waals surface area contributed by atoms with Gasteiger partial charge in [-0.2, -0.15) is 0 Å². The van der Waals surface area contributed by atoms with Crippen molar-refractivity contribution in [2.75, 3.05) is 6.54 Å².